The summed E-state index contributed by atoms with van der Waals surface area (Å²) in [5, 5.41) is 5.32. The van der Waals surface area contributed by atoms with Crippen molar-refractivity contribution >= 4 is 28.5 Å². The summed E-state index contributed by atoms with van der Waals surface area (Å²) in [6, 6.07) is 15.8. The number of aryl methyl sites for hydroxylation is 2. The van der Waals surface area contributed by atoms with Crippen LogP contribution in [0.5, 0.6) is 0 Å². The van der Waals surface area contributed by atoms with Gasteiger partial charge in [0.2, 0.25) is 0 Å². The fourth-order valence-corrected chi connectivity index (χ4v) is 4.35. The SMILES string of the molecule is Cc1ccc(C)n1-c1ccc(C(=O)N/N=C/c2ccc(N3CCOCC3)s2)cc1. The van der Waals surface area contributed by atoms with E-state index in [-0.39, 0.29) is 5.91 Å². The minimum Gasteiger partial charge on any atom is -0.378 e. The number of nitrogens with zero attached hydrogens (tertiary/aromatic N) is 3. The lowest BCUT2D eigenvalue weighted by Gasteiger charge is -2.27. The molecule has 0 saturated carbocycles. The third kappa shape index (κ3) is 4.41. The molecule has 6 nitrogen and oxygen atoms in total. The number of hydrogen-bond acceptors (Lipinski definition) is 5. The predicted octanol–water partition coefficient (Wildman–Crippen LogP) is 3.76. The van der Waals surface area contributed by atoms with Crippen molar-refractivity contribution in [3.8, 4) is 5.69 Å². The molecule has 2 aromatic heterocycles. The number of benzene rings is 1. The van der Waals surface area contributed by atoms with Crippen LogP contribution < -0.4 is 10.3 Å². The second kappa shape index (κ2) is 8.63. The number of hydrazone groups is 1. The normalized spacial score (nSPS) is 14.5. The topological polar surface area (TPSA) is 58.9 Å². The van der Waals surface area contributed by atoms with E-state index in [2.05, 4.69) is 52.0 Å². The molecule has 0 radical (unpaired) electrons. The summed E-state index contributed by atoms with van der Waals surface area (Å²) in [6.45, 7) is 7.48. The fraction of sp³-hybridized carbons (Fsp3) is 0.273. The number of hydrogen-bond donors (Lipinski definition) is 1. The molecular weight excluding hydrogens is 384 g/mol. The highest BCUT2D eigenvalue weighted by Gasteiger charge is 2.13. The molecule has 150 valence electrons. The number of carbonyl (C=O) groups excluding carboxylic acids is 1. The van der Waals surface area contributed by atoms with Crippen molar-refractivity contribution in [1.29, 1.82) is 0 Å². The minimum atomic E-state index is -0.223. The molecule has 3 heterocycles. The van der Waals surface area contributed by atoms with Crippen LogP contribution in [0.1, 0.15) is 26.6 Å². The third-order valence-electron chi connectivity index (χ3n) is 4.95. The number of morpholine rings is 1. The molecule has 1 aliphatic rings. The minimum absolute atomic E-state index is 0.223. The Morgan fingerprint density at radius 1 is 1.03 bits per heavy atom. The Bertz CT molecular complexity index is 994. The second-order valence-corrected chi connectivity index (χ2v) is 8.07. The van der Waals surface area contributed by atoms with Crippen LogP contribution in [-0.2, 0) is 4.74 Å². The van der Waals surface area contributed by atoms with E-state index in [1.807, 2.05) is 30.3 Å². The fourth-order valence-electron chi connectivity index (χ4n) is 3.42. The van der Waals surface area contributed by atoms with E-state index in [1.165, 1.54) is 5.00 Å². The first-order valence-electron chi connectivity index (χ1n) is 9.63. The van der Waals surface area contributed by atoms with Gasteiger partial charge in [-0.25, -0.2) is 5.43 Å². The largest absolute Gasteiger partial charge is 0.378 e. The van der Waals surface area contributed by atoms with Crippen LogP contribution in [0.3, 0.4) is 0 Å². The molecular formula is C22H24N4O2S. The maximum absolute atomic E-state index is 12.4. The lowest BCUT2D eigenvalue weighted by atomic mass is 10.2. The standard InChI is InChI=1S/C22H24N4O2S/c1-16-3-4-17(2)26(16)19-7-5-18(6-8-19)22(27)24-23-15-20-9-10-21(29-20)25-11-13-28-14-12-25/h3-10,15H,11-14H2,1-2H3,(H,24,27)/b23-15+. The van der Waals surface area contributed by atoms with Gasteiger partial charge in [-0.3, -0.25) is 4.79 Å². The summed E-state index contributed by atoms with van der Waals surface area (Å²) in [5.74, 6) is -0.223. The van der Waals surface area contributed by atoms with Gasteiger partial charge in [0.25, 0.3) is 5.91 Å². The molecule has 0 atom stereocenters. The monoisotopic (exact) mass is 408 g/mol. The van der Waals surface area contributed by atoms with Gasteiger partial charge in [-0.2, -0.15) is 5.10 Å². The summed E-state index contributed by atoms with van der Waals surface area (Å²) in [7, 11) is 0. The van der Waals surface area contributed by atoms with Crippen LogP contribution >= 0.6 is 11.3 Å². The zero-order valence-electron chi connectivity index (χ0n) is 16.6. The lowest BCUT2D eigenvalue weighted by Crippen LogP contribution is -2.35. The molecule has 7 heteroatoms. The molecule has 1 N–H and O–H groups in total. The second-order valence-electron chi connectivity index (χ2n) is 6.97. The van der Waals surface area contributed by atoms with Crippen LogP contribution in [0, 0.1) is 13.8 Å². The molecule has 1 amide bonds. The molecule has 1 aromatic carbocycles. The molecule has 1 fully saturated rings. The van der Waals surface area contributed by atoms with Crippen LogP contribution in [0.15, 0.2) is 53.6 Å². The highest BCUT2D eigenvalue weighted by Crippen LogP contribution is 2.25. The summed E-state index contributed by atoms with van der Waals surface area (Å²) in [4.78, 5) is 15.7. The van der Waals surface area contributed by atoms with E-state index in [0.29, 0.717) is 5.56 Å². The quantitative estimate of drug-likeness (QED) is 0.517. The summed E-state index contributed by atoms with van der Waals surface area (Å²) in [5.41, 5.74) is 6.56. The zero-order valence-corrected chi connectivity index (χ0v) is 17.4. The molecule has 0 bridgehead atoms. The molecule has 1 aliphatic heterocycles. The number of ether oxygens (including phenoxy) is 1. The molecule has 0 aliphatic carbocycles. The molecule has 4 rings (SSSR count). The maximum atomic E-state index is 12.4. The van der Waals surface area contributed by atoms with E-state index >= 15 is 0 Å². The van der Waals surface area contributed by atoms with Gasteiger partial charge in [0.1, 0.15) is 0 Å². The van der Waals surface area contributed by atoms with E-state index < -0.39 is 0 Å². The van der Waals surface area contributed by atoms with Gasteiger partial charge in [-0.05, 0) is 62.4 Å². The van der Waals surface area contributed by atoms with Gasteiger partial charge in [-0.15, -0.1) is 11.3 Å². The van der Waals surface area contributed by atoms with Crippen molar-refractivity contribution in [3.63, 3.8) is 0 Å². The highest BCUT2D eigenvalue weighted by molar-refractivity contribution is 7.17. The lowest BCUT2D eigenvalue weighted by molar-refractivity contribution is 0.0955. The van der Waals surface area contributed by atoms with Crippen LogP contribution in [0.2, 0.25) is 0 Å². The predicted molar refractivity (Wildman–Crippen MR) is 118 cm³/mol. The summed E-state index contributed by atoms with van der Waals surface area (Å²) in [6.07, 6.45) is 1.69. The Labute approximate surface area is 174 Å². The van der Waals surface area contributed by atoms with E-state index in [1.54, 1.807) is 17.6 Å². The average Bonchev–Trinajstić information content (AvgIpc) is 3.35. The summed E-state index contributed by atoms with van der Waals surface area (Å²) >= 11 is 1.66. The van der Waals surface area contributed by atoms with Crippen molar-refractivity contribution in [3.05, 3.63) is 70.4 Å². The van der Waals surface area contributed by atoms with Gasteiger partial charge in [0.05, 0.1) is 24.4 Å². The number of carbonyl (C=O) groups is 1. The smallest absolute Gasteiger partial charge is 0.271 e. The van der Waals surface area contributed by atoms with Crippen molar-refractivity contribution in [2.24, 2.45) is 5.10 Å². The van der Waals surface area contributed by atoms with Gasteiger partial charge in [-0.1, -0.05) is 0 Å². The Kier molecular flexibility index (Phi) is 5.78. The van der Waals surface area contributed by atoms with Gasteiger partial charge in [0.15, 0.2) is 0 Å². The first-order valence-corrected chi connectivity index (χ1v) is 10.4. The van der Waals surface area contributed by atoms with Crippen LogP contribution in [-0.4, -0.2) is 43.0 Å². The Balaban J connectivity index is 1.36. The molecule has 0 unspecified atom stereocenters. The number of nitrogens with one attached hydrogen (secondary N) is 1. The Morgan fingerprint density at radius 3 is 2.41 bits per heavy atom. The van der Waals surface area contributed by atoms with Crippen molar-refractivity contribution in [1.82, 2.24) is 9.99 Å². The van der Waals surface area contributed by atoms with Gasteiger partial charge < -0.3 is 14.2 Å². The van der Waals surface area contributed by atoms with E-state index in [9.17, 15) is 4.79 Å². The number of rotatable bonds is 5. The third-order valence-corrected chi connectivity index (χ3v) is 6.03. The van der Waals surface area contributed by atoms with Crippen LogP contribution in [0.25, 0.3) is 5.69 Å². The Morgan fingerprint density at radius 2 is 1.72 bits per heavy atom. The van der Waals surface area contributed by atoms with Gasteiger partial charge >= 0.3 is 0 Å². The molecule has 0 spiro atoms. The number of anilines is 1. The average molecular weight is 409 g/mol. The Hall–Kier alpha value is -2.90. The number of amides is 1. The van der Waals surface area contributed by atoms with Crippen molar-refractivity contribution < 1.29 is 9.53 Å². The summed E-state index contributed by atoms with van der Waals surface area (Å²) < 4.78 is 7.54. The number of aromatic nitrogens is 1. The van der Waals surface area contributed by atoms with Crippen LogP contribution in [0.4, 0.5) is 5.00 Å². The van der Waals surface area contributed by atoms with Crippen molar-refractivity contribution in [2.45, 2.75) is 13.8 Å². The van der Waals surface area contributed by atoms with Gasteiger partial charge in [0, 0.05) is 40.6 Å². The highest BCUT2D eigenvalue weighted by atomic mass is 32.1. The first kappa shape index (κ1) is 19.4. The first-order chi connectivity index (χ1) is 14.1. The molecule has 3 aromatic rings. The molecule has 1 saturated heterocycles. The number of thiophene rings is 1. The van der Waals surface area contributed by atoms with E-state index in [0.717, 1.165) is 48.3 Å². The molecule has 29 heavy (non-hydrogen) atoms. The van der Waals surface area contributed by atoms with E-state index in [4.69, 9.17) is 4.74 Å². The van der Waals surface area contributed by atoms with Crippen molar-refractivity contribution in [2.75, 3.05) is 31.2 Å². The maximum Gasteiger partial charge on any atom is 0.271 e. The zero-order chi connectivity index (χ0) is 20.2.